The molecule has 0 unspecified atom stereocenters. The van der Waals surface area contributed by atoms with Crippen molar-refractivity contribution in [3.63, 3.8) is 0 Å². The first kappa shape index (κ1) is 22.0. The van der Waals surface area contributed by atoms with Gasteiger partial charge in [-0.3, -0.25) is 0 Å². The predicted molar refractivity (Wildman–Crippen MR) is 122 cm³/mol. The Morgan fingerprint density at radius 1 is 0.969 bits per heavy atom. The van der Waals surface area contributed by atoms with E-state index in [2.05, 4.69) is 9.71 Å². The summed E-state index contributed by atoms with van der Waals surface area (Å²) in [5, 5.41) is 0.987. The summed E-state index contributed by atoms with van der Waals surface area (Å²) in [6, 6.07) is 18.2. The van der Waals surface area contributed by atoms with Crippen molar-refractivity contribution in [1.82, 2.24) is 9.71 Å². The van der Waals surface area contributed by atoms with Crippen molar-refractivity contribution in [3.05, 3.63) is 95.7 Å². The first-order valence-electron chi connectivity index (χ1n) is 10.0. The summed E-state index contributed by atoms with van der Waals surface area (Å²) in [5.41, 5.74) is 3.83. The predicted octanol–water partition coefficient (Wildman–Crippen LogP) is 4.62. The van der Waals surface area contributed by atoms with Crippen LogP contribution in [-0.4, -0.2) is 34.0 Å². The van der Waals surface area contributed by atoms with Gasteiger partial charge in [-0.05, 0) is 47.5 Å². The van der Waals surface area contributed by atoms with Crippen LogP contribution in [0.4, 0.5) is 14.5 Å². The van der Waals surface area contributed by atoms with Gasteiger partial charge >= 0.3 is 0 Å². The largest absolute Gasteiger partial charge is 0.378 e. The number of para-hydroxylation sites is 1. The van der Waals surface area contributed by atoms with E-state index in [0.29, 0.717) is 6.07 Å². The summed E-state index contributed by atoms with van der Waals surface area (Å²) in [4.78, 5) is 4.89. The molecule has 0 saturated heterocycles. The molecule has 0 saturated carbocycles. The van der Waals surface area contributed by atoms with E-state index >= 15 is 0 Å². The Kier molecular flexibility index (Phi) is 5.99. The maximum Gasteiger partial charge on any atom is 0.240 e. The number of hydrogen-bond donors (Lipinski definition) is 2. The number of sulfonamides is 1. The Bertz CT molecular complexity index is 1350. The molecule has 0 spiro atoms. The monoisotopic (exact) mass is 455 g/mol. The molecule has 0 aliphatic heterocycles. The third-order valence-corrected chi connectivity index (χ3v) is 6.91. The van der Waals surface area contributed by atoms with Crippen LogP contribution in [0.1, 0.15) is 17.0 Å². The molecule has 1 heterocycles. The average molecular weight is 456 g/mol. The van der Waals surface area contributed by atoms with Gasteiger partial charge in [-0.1, -0.05) is 30.3 Å². The summed E-state index contributed by atoms with van der Waals surface area (Å²) in [6.45, 7) is 0.0461. The molecule has 4 rings (SSSR count). The molecule has 1 atom stereocenters. The van der Waals surface area contributed by atoms with Crippen molar-refractivity contribution < 1.29 is 17.2 Å². The number of H-pyrrole nitrogens is 1. The molecule has 3 aromatic carbocycles. The zero-order chi connectivity index (χ0) is 22.9. The molecular formula is C24H23F2N3O2S. The van der Waals surface area contributed by atoms with Crippen molar-refractivity contribution in [2.75, 3.05) is 25.5 Å². The highest BCUT2D eigenvalue weighted by Crippen LogP contribution is 2.32. The van der Waals surface area contributed by atoms with Crippen LogP contribution in [0.15, 0.2) is 77.8 Å². The number of nitrogens with one attached hydrogen (secondary N) is 2. The highest BCUT2D eigenvalue weighted by Gasteiger charge is 2.23. The second kappa shape index (κ2) is 8.72. The maximum absolute atomic E-state index is 13.6. The number of benzene rings is 3. The quantitative estimate of drug-likeness (QED) is 0.427. The fourth-order valence-corrected chi connectivity index (χ4v) is 4.77. The number of aromatic nitrogens is 1. The van der Waals surface area contributed by atoms with Gasteiger partial charge in [-0.2, -0.15) is 0 Å². The van der Waals surface area contributed by atoms with Crippen LogP contribution in [-0.2, 0) is 10.0 Å². The van der Waals surface area contributed by atoms with Gasteiger partial charge in [0.25, 0.3) is 0 Å². The fourth-order valence-electron chi connectivity index (χ4n) is 3.71. The van der Waals surface area contributed by atoms with Crippen molar-refractivity contribution in [3.8, 4) is 0 Å². The molecule has 1 aromatic heterocycles. The molecule has 0 bridgehead atoms. The Morgan fingerprint density at radius 3 is 2.38 bits per heavy atom. The lowest BCUT2D eigenvalue weighted by Gasteiger charge is -2.20. The van der Waals surface area contributed by atoms with E-state index in [1.165, 1.54) is 0 Å². The number of nitrogens with zero attached hydrogens (tertiary/aromatic N) is 1. The van der Waals surface area contributed by atoms with E-state index in [1.807, 2.05) is 73.7 Å². The molecule has 0 fully saturated rings. The molecule has 5 nitrogen and oxygen atoms in total. The van der Waals surface area contributed by atoms with E-state index in [1.54, 1.807) is 0 Å². The van der Waals surface area contributed by atoms with Crippen LogP contribution in [0, 0.1) is 11.6 Å². The van der Waals surface area contributed by atoms with Crippen molar-refractivity contribution in [2.45, 2.75) is 10.8 Å². The summed E-state index contributed by atoms with van der Waals surface area (Å²) in [7, 11) is -0.151. The Hall–Kier alpha value is -3.23. The minimum atomic E-state index is -4.04. The summed E-state index contributed by atoms with van der Waals surface area (Å²) < 4.78 is 55.0. The number of hydrogen-bond acceptors (Lipinski definition) is 3. The fraction of sp³-hybridized carbons (Fsp3) is 0.167. The smallest absolute Gasteiger partial charge is 0.240 e. The highest BCUT2D eigenvalue weighted by molar-refractivity contribution is 7.89. The molecular weight excluding hydrogens is 432 g/mol. The summed E-state index contributed by atoms with van der Waals surface area (Å²) in [5.74, 6) is -2.61. The van der Waals surface area contributed by atoms with Crippen LogP contribution in [0.25, 0.3) is 10.9 Å². The van der Waals surface area contributed by atoms with Gasteiger partial charge in [0.1, 0.15) is 0 Å². The lowest BCUT2D eigenvalue weighted by atomic mass is 9.91. The van der Waals surface area contributed by atoms with Crippen LogP contribution < -0.4 is 9.62 Å². The average Bonchev–Trinajstić information content (AvgIpc) is 3.20. The molecule has 4 aromatic rings. The van der Waals surface area contributed by atoms with E-state index in [-0.39, 0.29) is 17.4 Å². The summed E-state index contributed by atoms with van der Waals surface area (Å²) in [6.07, 6.45) is 1.88. The van der Waals surface area contributed by atoms with Crippen molar-refractivity contribution in [1.29, 1.82) is 0 Å². The van der Waals surface area contributed by atoms with Gasteiger partial charge in [0.2, 0.25) is 10.0 Å². The molecule has 2 N–H and O–H groups in total. The van der Waals surface area contributed by atoms with E-state index in [4.69, 9.17) is 0 Å². The van der Waals surface area contributed by atoms with Crippen LogP contribution >= 0.6 is 0 Å². The SMILES string of the molecule is CN(C)c1ccc([C@@H](CNS(=O)(=O)c2ccc(F)c(F)c2)c2c[nH]c3ccccc23)cc1. The Morgan fingerprint density at radius 2 is 1.69 bits per heavy atom. The Labute approximate surface area is 185 Å². The highest BCUT2D eigenvalue weighted by atomic mass is 32.2. The maximum atomic E-state index is 13.6. The van der Waals surface area contributed by atoms with Gasteiger partial charge in [-0.25, -0.2) is 21.9 Å². The number of aromatic amines is 1. The van der Waals surface area contributed by atoms with E-state index < -0.39 is 21.7 Å². The second-order valence-electron chi connectivity index (χ2n) is 7.76. The lowest BCUT2D eigenvalue weighted by molar-refractivity contribution is 0.504. The van der Waals surface area contributed by atoms with E-state index in [0.717, 1.165) is 39.8 Å². The first-order valence-corrected chi connectivity index (χ1v) is 11.5. The molecule has 0 amide bonds. The molecule has 32 heavy (non-hydrogen) atoms. The van der Waals surface area contributed by atoms with Gasteiger partial charge in [0.05, 0.1) is 4.90 Å². The van der Waals surface area contributed by atoms with E-state index in [9.17, 15) is 17.2 Å². The van der Waals surface area contributed by atoms with Crippen LogP contribution in [0.2, 0.25) is 0 Å². The second-order valence-corrected chi connectivity index (χ2v) is 9.52. The Balaban J connectivity index is 1.70. The minimum Gasteiger partial charge on any atom is -0.378 e. The van der Waals surface area contributed by atoms with Gasteiger partial charge in [0.15, 0.2) is 11.6 Å². The van der Waals surface area contributed by atoms with Gasteiger partial charge in [-0.15, -0.1) is 0 Å². The third-order valence-electron chi connectivity index (χ3n) is 5.49. The lowest BCUT2D eigenvalue weighted by Crippen LogP contribution is -2.29. The summed E-state index contributed by atoms with van der Waals surface area (Å²) >= 11 is 0. The van der Waals surface area contributed by atoms with Crippen molar-refractivity contribution in [2.24, 2.45) is 0 Å². The van der Waals surface area contributed by atoms with Crippen LogP contribution in [0.5, 0.6) is 0 Å². The molecule has 0 aliphatic rings. The topological polar surface area (TPSA) is 65.2 Å². The number of anilines is 1. The normalized spacial score (nSPS) is 12.8. The number of fused-ring (bicyclic) bond motifs is 1. The van der Waals surface area contributed by atoms with Crippen LogP contribution in [0.3, 0.4) is 0 Å². The minimum absolute atomic E-state index is 0.0461. The zero-order valence-electron chi connectivity index (χ0n) is 17.6. The standard InChI is InChI=1S/C24H23F2N3O2S/c1-29(2)17-9-7-16(8-10-17)20(21-14-27-24-6-4-3-5-19(21)24)15-28-32(30,31)18-11-12-22(25)23(26)13-18/h3-14,20,27-28H,15H2,1-2H3/t20-/m1/s1. The molecule has 8 heteroatoms. The number of rotatable bonds is 7. The first-order chi connectivity index (χ1) is 15.3. The zero-order valence-corrected chi connectivity index (χ0v) is 18.5. The molecule has 0 aliphatic carbocycles. The third kappa shape index (κ3) is 4.37. The van der Waals surface area contributed by atoms with Gasteiger partial charge in [0, 0.05) is 49.3 Å². The molecule has 166 valence electrons. The molecule has 0 radical (unpaired) electrons. The number of halogens is 2. The van der Waals surface area contributed by atoms with Gasteiger partial charge < -0.3 is 9.88 Å². The van der Waals surface area contributed by atoms with Crippen molar-refractivity contribution >= 4 is 26.6 Å².